The van der Waals surface area contributed by atoms with E-state index in [0.717, 1.165) is 10.4 Å². The molecule has 2 amide bonds. The molecular weight excluding hydrogens is 466 g/mol. The SMILES string of the molecule is COc1cc(-c2cc(C(=O)Nc3sc(C)c(C)c3C(N)=O)c3ccccc3n2)cc(OC)c1OC. The lowest BCUT2D eigenvalue weighted by Crippen LogP contribution is -2.18. The van der Waals surface area contributed by atoms with Crippen LogP contribution >= 0.6 is 11.3 Å². The Labute approximate surface area is 206 Å². The Balaban J connectivity index is 1.86. The summed E-state index contributed by atoms with van der Waals surface area (Å²) < 4.78 is 16.4. The van der Waals surface area contributed by atoms with Crippen LogP contribution in [-0.4, -0.2) is 38.1 Å². The van der Waals surface area contributed by atoms with Gasteiger partial charge in [0.15, 0.2) is 11.5 Å². The summed E-state index contributed by atoms with van der Waals surface area (Å²) in [6.45, 7) is 3.69. The van der Waals surface area contributed by atoms with Crippen molar-refractivity contribution < 1.29 is 23.8 Å². The van der Waals surface area contributed by atoms with Crippen LogP contribution in [0.4, 0.5) is 5.00 Å². The highest BCUT2D eigenvalue weighted by molar-refractivity contribution is 7.16. The number of nitrogens with one attached hydrogen (secondary N) is 1. The minimum atomic E-state index is -0.583. The van der Waals surface area contributed by atoms with Crippen molar-refractivity contribution >= 4 is 39.1 Å². The van der Waals surface area contributed by atoms with Crippen molar-refractivity contribution in [3.8, 4) is 28.5 Å². The van der Waals surface area contributed by atoms with Crippen LogP contribution in [0.25, 0.3) is 22.2 Å². The maximum atomic E-state index is 13.5. The van der Waals surface area contributed by atoms with Gasteiger partial charge in [-0.3, -0.25) is 9.59 Å². The average molecular weight is 492 g/mol. The molecular formula is C26H25N3O5S. The van der Waals surface area contributed by atoms with Crippen LogP contribution in [0.5, 0.6) is 17.2 Å². The minimum absolute atomic E-state index is 0.323. The lowest BCUT2D eigenvalue weighted by atomic mass is 10.0. The second-order valence-electron chi connectivity index (χ2n) is 7.79. The van der Waals surface area contributed by atoms with E-state index in [2.05, 4.69) is 5.32 Å². The van der Waals surface area contributed by atoms with Crippen molar-refractivity contribution in [2.45, 2.75) is 13.8 Å². The molecule has 0 saturated heterocycles. The summed E-state index contributed by atoms with van der Waals surface area (Å²) in [5.41, 5.74) is 8.93. The summed E-state index contributed by atoms with van der Waals surface area (Å²) in [5.74, 6) is 0.442. The summed E-state index contributed by atoms with van der Waals surface area (Å²) in [4.78, 5) is 31.2. The van der Waals surface area contributed by atoms with E-state index in [1.807, 2.05) is 38.1 Å². The summed E-state index contributed by atoms with van der Waals surface area (Å²) in [6, 6.07) is 12.6. The first-order chi connectivity index (χ1) is 16.8. The number of aryl methyl sites for hydroxylation is 1. The molecule has 2 heterocycles. The van der Waals surface area contributed by atoms with Crippen molar-refractivity contribution in [3.05, 3.63) is 64.0 Å². The number of aromatic nitrogens is 1. The van der Waals surface area contributed by atoms with Crippen LogP contribution in [0, 0.1) is 13.8 Å². The van der Waals surface area contributed by atoms with E-state index in [1.165, 1.54) is 32.7 Å². The first kappa shape index (κ1) is 24.0. The molecule has 0 atom stereocenters. The smallest absolute Gasteiger partial charge is 0.257 e. The molecule has 3 N–H and O–H groups in total. The number of primary amides is 1. The van der Waals surface area contributed by atoms with E-state index >= 15 is 0 Å². The Morgan fingerprint density at radius 1 is 0.971 bits per heavy atom. The fourth-order valence-electron chi connectivity index (χ4n) is 3.92. The molecule has 0 bridgehead atoms. The molecule has 0 unspecified atom stereocenters. The topological polar surface area (TPSA) is 113 Å². The number of nitrogens with two attached hydrogens (primary N) is 1. The minimum Gasteiger partial charge on any atom is -0.493 e. The Morgan fingerprint density at radius 3 is 2.23 bits per heavy atom. The molecule has 0 radical (unpaired) electrons. The molecule has 2 aromatic heterocycles. The zero-order valence-electron chi connectivity index (χ0n) is 20.0. The standard InChI is InChI=1S/C26H25N3O5S/c1-13-14(2)35-26(22(13)24(27)30)29-25(31)17-12-19(28-18-9-7-6-8-16(17)18)15-10-20(32-3)23(34-5)21(11-15)33-4/h6-12H,1-5H3,(H2,27,30)(H,29,31). The fourth-order valence-corrected chi connectivity index (χ4v) is 4.98. The lowest BCUT2D eigenvalue weighted by Gasteiger charge is -2.15. The zero-order valence-corrected chi connectivity index (χ0v) is 20.8. The van der Waals surface area contributed by atoms with Gasteiger partial charge in [-0.1, -0.05) is 18.2 Å². The normalized spacial score (nSPS) is 10.8. The average Bonchev–Trinajstić information content (AvgIpc) is 3.14. The number of thiophene rings is 1. The van der Waals surface area contributed by atoms with Crippen LogP contribution in [0.3, 0.4) is 0 Å². The molecule has 0 aliphatic carbocycles. The van der Waals surface area contributed by atoms with E-state index in [9.17, 15) is 9.59 Å². The maximum absolute atomic E-state index is 13.5. The largest absolute Gasteiger partial charge is 0.493 e. The zero-order chi connectivity index (χ0) is 25.3. The summed E-state index contributed by atoms with van der Waals surface area (Å²) in [7, 11) is 4.61. The number of amides is 2. The molecule has 0 saturated carbocycles. The Morgan fingerprint density at radius 2 is 1.63 bits per heavy atom. The predicted molar refractivity (Wildman–Crippen MR) is 137 cm³/mol. The Hall–Kier alpha value is -4.11. The van der Waals surface area contributed by atoms with Crippen LogP contribution in [0.2, 0.25) is 0 Å². The molecule has 2 aromatic carbocycles. The van der Waals surface area contributed by atoms with Crippen LogP contribution in [0.15, 0.2) is 42.5 Å². The number of hydrogen-bond acceptors (Lipinski definition) is 7. The first-order valence-electron chi connectivity index (χ1n) is 10.7. The maximum Gasteiger partial charge on any atom is 0.257 e. The number of hydrogen-bond donors (Lipinski definition) is 2. The van der Waals surface area contributed by atoms with Gasteiger partial charge in [0.25, 0.3) is 11.8 Å². The van der Waals surface area contributed by atoms with Gasteiger partial charge in [0.2, 0.25) is 5.75 Å². The van der Waals surface area contributed by atoms with Crippen molar-refractivity contribution in [1.82, 2.24) is 4.98 Å². The molecule has 4 rings (SSSR count). The highest BCUT2D eigenvalue weighted by Gasteiger charge is 2.22. The number of benzene rings is 2. The molecule has 0 aliphatic rings. The molecule has 180 valence electrons. The van der Waals surface area contributed by atoms with Gasteiger partial charge in [0, 0.05) is 15.8 Å². The number of para-hydroxylation sites is 1. The predicted octanol–water partition coefficient (Wildman–Crippen LogP) is 4.96. The third-order valence-electron chi connectivity index (χ3n) is 5.78. The summed E-state index contributed by atoms with van der Waals surface area (Å²) in [6.07, 6.45) is 0. The monoisotopic (exact) mass is 491 g/mol. The van der Waals surface area contributed by atoms with Crippen molar-refractivity contribution in [1.29, 1.82) is 0 Å². The molecule has 0 aliphatic heterocycles. The number of methoxy groups -OCH3 is 3. The fraction of sp³-hybridized carbons (Fsp3) is 0.192. The molecule has 4 aromatic rings. The molecule has 8 nitrogen and oxygen atoms in total. The lowest BCUT2D eigenvalue weighted by molar-refractivity contribution is 0.100. The van der Waals surface area contributed by atoms with Gasteiger partial charge in [0.05, 0.1) is 43.7 Å². The first-order valence-corrected chi connectivity index (χ1v) is 11.5. The molecule has 0 spiro atoms. The Kier molecular flexibility index (Phi) is 6.61. The summed E-state index contributed by atoms with van der Waals surface area (Å²) in [5, 5.41) is 3.98. The number of anilines is 1. The number of pyridine rings is 1. The van der Waals surface area contributed by atoms with Crippen molar-refractivity contribution in [2.75, 3.05) is 26.6 Å². The van der Waals surface area contributed by atoms with Gasteiger partial charge in [-0.25, -0.2) is 4.98 Å². The van der Waals surface area contributed by atoms with Gasteiger partial charge >= 0.3 is 0 Å². The van der Waals surface area contributed by atoms with Crippen molar-refractivity contribution in [2.24, 2.45) is 5.73 Å². The third kappa shape index (κ3) is 4.38. The molecule has 9 heteroatoms. The number of ether oxygens (including phenoxy) is 3. The van der Waals surface area contributed by atoms with Gasteiger partial charge in [-0.05, 0) is 43.7 Å². The number of nitrogens with zero attached hydrogens (tertiary/aromatic N) is 1. The van der Waals surface area contributed by atoms with Gasteiger partial charge in [-0.15, -0.1) is 11.3 Å². The van der Waals surface area contributed by atoms with E-state index < -0.39 is 5.91 Å². The second kappa shape index (κ2) is 9.63. The van der Waals surface area contributed by atoms with E-state index in [-0.39, 0.29) is 5.91 Å². The quantitative estimate of drug-likeness (QED) is 0.378. The second-order valence-corrected chi connectivity index (χ2v) is 9.02. The van der Waals surface area contributed by atoms with E-state index in [0.29, 0.717) is 55.5 Å². The van der Waals surface area contributed by atoms with Gasteiger partial charge < -0.3 is 25.3 Å². The van der Waals surface area contributed by atoms with Crippen LogP contribution in [0.1, 0.15) is 31.2 Å². The van der Waals surface area contributed by atoms with E-state index in [1.54, 1.807) is 18.2 Å². The Bertz CT molecular complexity index is 1440. The third-order valence-corrected chi connectivity index (χ3v) is 6.90. The highest BCUT2D eigenvalue weighted by Crippen LogP contribution is 2.41. The van der Waals surface area contributed by atoms with Crippen LogP contribution in [-0.2, 0) is 0 Å². The van der Waals surface area contributed by atoms with Gasteiger partial charge in [0.1, 0.15) is 5.00 Å². The number of fused-ring (bicyclic) bond motifs is 1. The summed E-state index contributed by atoms with van der Waals surface area (Å²) >= 11 is 1.32. The van der Waals surface area contributed by atoms with Crippen molar-refractivity contribution in [3.63, 3.8) is 0 Å². The van der Waals surface area contributed by atoms with Crippen LogP contribution < -0.4 is 25.3 Å². The highest BCUT2D eigenvalue weighted by atomic mass is 32.1. The number of carbonyl (C=O) groups is 2. The molecule has 0 fully saturated rings. The van der Waals surface area contributed by atoms with E-state index in [4.69, 9.17) is 24.9 Å². The number of carbonyl (C=O) groups excluding carboxylic acids is 2. The number of rotatable bonds is 7. The van der Waals surface area contributed by atoms with Gasteiger partial charge in [-0.2, -0.15) is 0 Å². The molecule has 35 heavy (non-hydrogen) atoms.